The predicted molar refractivity (Wildman–Crippen MR) is 115 cm³/mol. The molecule has 0 aliphatic heterocycles. The summed E-state index contributed by atoms with van der Waals surface area (Å²) in [5.74, 6) is 0.696. The summed E-state index contributed by atoms with van der Waals surface area (Å²) in [5.41, 5.74) is 3.01. The zero-order valence-corrected chi connectivity index (χ0v) is 16.3. The maximum Gasteiger partial charge on any atom is 0.258 e. The van der Waals surface area contributed by atoms with Gasteiger partial charge in [-0.05, 0) is 18.6 Å². The smallest absolute Gasteiger partial charge is 0.258 e. The van der Waals surface area contributed by atoms with E-state index >= 15 is 0 Å². The lowest BCUT2D eigenvalue weighted by Crippen LogP contribution is -2.13. The topological polar surface area (TPSA) is 101 Å². The van der Waals surface area contributed by atoms with E-state index in [1.54, 1.807) is 18.2 Å². The van der Waals surface area contributed by atoms with Crippen molar-refractivity contribution in [2.45, 2.75) is 13.3 Å². The highest BCUT2D eigenvalue weighted by Gasteiger charge is 2.10. The second kappa shape index (κ2) is 8.48. The van der Waals surface area contributed by atoms with Crippen molar-refractivity contribution in [3.8, 4) is 22.8 Å². The molecular weight excluding hydrogens is 378 g/mol. The van der Waals surface area contributed by atoms with Crippen LogP contribution in [0.15, 0.2) is 77.9 Å². The van der Waals surface area contributed by atoms with Crippen LogP contribution >= 0.6 is 0 Å². The minimum Gasteiger partial charge on any atom is -0.322 e. The molecule has 2 N–H and O–H groups in total. The normalized spacial score (nSPS) is 10.6. The predicted octanol–water partition coefficient (Wildman–Crippen LogP) is 3.71. The van der Waals surface area contributed by atoms with Gasteiger partial charge in [-0.1, -0.05) is 49.4 Å². The average molecular weight is 397 g/mol. The van der Waals surface area contributed by atoms with E-state index in [2.05, 4.69) is 25.3 Å². The molecule has 4 aromatic rings. The van der Waals surface area contributed by atoms with Crippen molar-refractivity contribution in [2.24, 2.45) is 0 Å². The minimum atomic E-state index is -0.324. The fourth-order valence-electron chi connectivity index (χ4n) is 2.95. The summed E-state index contributed by atoms with van der Waals surface area (Å²) in [6.07, 6.45) is 3.66. The van der Waals surface area contributed by atoms with E-state index in [0.29, 0.717) is 40.6 Å². The maximum absolute atomic E-state index is 12.6. The summed E-state index contributed by atoms with van der Waals surface area (Å²) in [6.45, 7) is 1.94. The van der Waals surface area contributed by atoms with Gasteiger partial charge >= 0.3 is 0 Å². The highest BCUT2D eigenvalue weighted by atomic mass is 16.1. The summed E-state index contributed by atoms with van der Waals surface area (Å²) >= 11 is 0. The van der Waals surface area contributed by atoms with Crippen LogP contribution in [0.3, 0.4) is 0 Å². The van der Waals surface area contributed by atoms with Gasteiger partial charge in [-0.3, -0.25) is 9.59 Å². The molecule has 0 aliphatic rings. The van der Waals surface area contributed by atoms with Gasteiger partial charge in [-0.25, -0.2) is 15.0 Å². The van der Waals surface area contributed by atoms with Gasteiger partial charge in [0.1, 0.15) is 5.82 Å². The van der Waals surface area contributed by atoms with Gasteiger partial charge in [0.15, 0.2) is 5.82 Å². The number of nitrogens with zero attached hydrogens (tertiary/aromatic N) is 3. The van der Waals surface area contributed by atoms with Crippen LogP contribution in [0.25, 0.3) is 22.8 Å². The molecule has 0 saturated carbocycles. The first-order valence-corrected chi connectivity index (χ1v) is 9.52. The first kappa shape index (κ1) is 19.2. The van der Waals surface area contributed by atoms with Crippen LogP contribution < -0.4 is 10.9 Å². The molecule has 2 heterocycles. The number of carbonyl (C=O) groups excluding carboxylic acids is 1. The third kappa shape index (κ3) is 4.30. The molecule has 148 valence electrons. The second-order valence-corrected chi connectivity index (χ2v) is 6.64. The highest BCUT2D eigenvalue weighted by Crippen LogP contribution is 2.20. The number of anilines is 1. The molecule has 0 radical (unpaired) electrons. The number of H-pyrrole nitrogens is 1. The maximum atomic E-state index is 12.6. The third-order valence-electron chi connectivity index (χ3n) is 4.50. The SMILES string of the molecule is CCc1cc(=O)[nH]c(-c2cccc(NC(=O)c3cnc(-c4ccccc4)nc3)c2)n1. The van der Waals surface area contributed by atoms with Crippen LogP contribution in [0.1, 0.15) is 23.0 Å². The summed E-state index contributed by atoms with van der Waals surface area (Å²) in [7, 11) is 0. The lowest BCUT2D eigenvalue weighted by Gasteiger charge is -2.08. The van der Waals surface area contributed by atoms with Crippen molar-refractivity contribution >= 4 is 11.6 Å². The van der Waals surface area contributed by atoms with E-state index in [1.165, 1.54) is 18.5 Å². The summed E-state index contributed by atoms with van der Waals surface area (Å²) in [4.78, 5) is 40.2. The van der Waals surface area contributed by atoms with Gasteiger partial charge in [0.05, 0.1) is 5.56 Å². The van der Waals surface area contributed by atoms with Crippen LogP contribution in [0.5, 0.6) is 0 Å². The minimum absolute atomic E-state index is 0.207. The monoisotopic (exact) mass is 397 g/mol. The van der Waals surface area contributed by atoms with Gasteiger partial charge in [0.2, 0.25) is 0 Å². The number of aryl methyl sites for hydroxylation is 1. The molecule has 2 aromatic carbocycles. The Hall–Kier alpha value is -4.13. The van der Waals surface area contributed by atoms with Crippen molar-refractivity contribution in [1.82, 2.24) is 19.9 Å². The van der Waals surface area contributed by atoms with Crippen molar-refractivity contribution in [1.29, 1.82) is 0 Å². The first-order chi connectivity index (χ1) is 14.6. The number of benzene rings is 2. The Bertz CT molecular complexity index is 1230. The van der Waals surface area contributed by atoms with Crippen LogP contribution in [0.4, 0.5) is 5.69 Å². The number of carbonyl (C=O) groups is 1. The van der Waals surface area contributed by atoms with Gasteiger partial charge in [0.25, 0.3) is 11.5 Å². The quantitative estimate of drug-likeness (QED) is 0.535. The van der Waals surface area contributed by atoms with Crippen LogP contribution in [-0.2, 0) is 6.42 Å². The zero-order chi connectivity index (χ0) is 20.9. The van der Waals surface area contributed by atoms with Crippen molar-refractivity contribution in [3.63, 3.8) is 0 Å². The highest BCUT2D eigenvalue weighted by molar-refractivity contribution is 6.04. The molecule has 7 nitrogen and oxygen atoms in total. The Morgan fingerprint density at radius 3 is 2.43 bits per heavy atom. The molecule has 4 rings (SSSR count). The fourth-order valence-corrected chi connectivity index (χ4v) is 2.95. The number of hydrogen-bond acceptors (Lipinski definition) is 5. The van der Waals surface area contributed by atoms with Crippen molar-refractivity contribution < 1.29 is 4.79 Å². The molecule has 0 saturated heterocycles. The van der Waals surface area contributed by atoms with E-state index in [4.69, 9.17) is 0 Å². The van der Waals surface area contributed by atoms with Gasteiger partial charge in [0, 0.05) is 41.0 Å². The van der Waals surface area contributed by atoms with E-state index in [-0.39, 0.29) is 11.5 Å². The number of nitrogens with one attached hydrogen (secondary N) is 2. The lowest BCUT2D eigenvalue weighted by atomic mass is 10.1. The van der Waals surface area contributed by atoms with E-state index in [9.17, 15) is 9.59 Å². The number of amides is 1. The van der Waals surface area contributed by atoms with Crippen molar-refractivity contribution in [2.75, 3.05) is 5.32 Å². The third-order valence-corrected chi connectivity index (χ3v) is 4.50. The largest absolute Gasteiger partial charge is 0.322 e. The summed E-state index contributed by atoms with van der Waals surface area (Å²) < 4.78 is 0. The van der Waals surface area contributed by atoms with Gasteiger partial charge < -0.3 is 10.3 Å². The van der Waals surface area contributed by atoms with Gasteiger partial charge in [-0.2, -0.15) is 0 Å². The second-order valence-electron chi connectivity index (χ2n) is 6.64. The van der Waals surface area contributed by atoms with Crippen LogP contribution in [0.2, 0.25) is 0 Å². The van der Waals surface area contributed by atoms with Crippen molar-refractivity contribution in [3.05, 3.63) is 94.7 Å². The molecule has 0 bridgehead atoms. The standard InChI is InChI=1S/C23H19N5O2/c1-2-18-12-20(29)28-22(26-18)16-9-6-10-19(11-16)27-23(30)17-13-24-21(25-14-17)15-7-4-3-5-8-15/h3-14H,2H2,1H3,(H,27,30)(H,26,28,29). The lowest BCUT2D eigenvalue weighted by molar-refractivity contribution is 0.102. The fraction of sp³-hybridized carbons (Fsp3) is 0.0870. The van der Waals surface area contributed by atoms with E-state index < -0.39 is 0 Å². The molecule has 0 spiro atoms. The molecule has 0 aliphatic carbocycles. The molecular formula is C23H19N5O2. The number of aromatic nitrogens is 4. The van der Waals surface area contributed by atoms with Crippen LogP contribution in [-0.4, -0.2) is 25.8 Å². The first-order valence-electron chi connectivity index (χ1n) is 9.52. The average Bonchev–Trinajstić information content (AvgIpc) is 2.79. The molecule has 2 aromatic heterocycles. The Balaban J connectivity index is 1.53. The number of rotatable bonds is 5. The molecule has 0 fully saturated rings. The molecule has 1 amide bonds. The Kier molecular flexibility index (Phi) is 5.43. The van der Waals surface area contributed by atoms with Crippen LogP contribution in [0, 0.1) is 0 Å². The Morgan fingerprint density at radius 1 is 0.967 bits per heavy atom. The van der Waals surface area contributed by atoms with E-state index in [0.717, 1.165) is 5.56 Å². The molecule has 0 atom stereocenters. The molecule has 30 heavy (non-hydrogen) atoms. The Labute approximate surface area is 172 Å². The summed E-state index contributed by atoms with van der Waals surface area (Å²) in [6, 6.07) is 18.2. The van der Waals surface area contributed by atoms with E-state index in [1.807, 2.05) is 43.3 Å². The molecule has 7 heteroatoms. The molecule has 0 unspecified atom stereocenters. The Morgan fingerprint density at radius 2 is 1.70 bits per heavy atom. The zero-order valence-electron chi connectivity index (χ0n) is 16.3. The van der Waals surface area contributed by atoms with Gasteiger partial charge in [-0.15, -0.1) is 0 Å². The number of aromatic amines is 1. The summed E-state index contributed by atoms with van der Waals surface area (Å²) in [5, 5.41) is 2.83. The number of hydrogen-bond donors (Lipinski definition) is 2.